The summed E-state index contributed by atoms with van der Waals surface area (Å²) >= 11 is 0. The topological polar surface area (TPSA) is 115 Å². The van der Waals surface area contributed by atoms with Gasteiger partial charge >= 0.3 is 0 Å². The molecule has 27 heavy (non-hydrogen) atoms. The number of phenols is 1. The molecule has 2 aromatic carbocycles. The van der Waals surface area contributed by atoms with Gasteiger partial charge in [-0.15, -0.1) is 10.2 Å². The van der Waals surface area contributed by atoms with Crippen LogP contribution in [0.4, 0.5) is 5.82 Å². The number of carbonyl (C=O) groups excluding carboxylic acids is 1. The first-order valence-electron chi connectivity index (χ1n) is 8.34. The number of para-hydroxylation sites is 1. The minimum atomic E-state index is -0.361. The molecule has 0 fully saturated rings. The van der Waals surface area contributed by atoms with Crippen molar-refractivity contribution in [3.8, 4) is 40.0 Å². The quantitative estimate of drug-likeness (QED) is 0.620. The molecule has 0 aliphatic rings. The number of phenolic OH excluding ortho intramolecular Hbond substituents is 1. The van der Waals surface area contributed by atoms with E-state index in [9.17, 15) is 9.90 Å². The number of hydrogen-bond acceptors (Lipinski definition) is 5. The van der Waals surface area contributed by atoms with Gasteiger partial charge in [0.1, 0.15) is 5.75 Å². The number of hydrogen-bond donors (Lipinski definition) is 3. The fourth-order valence-corrected chi connectivity index (χ4v) is 2.54. The zero-order chi connectivity index (χ0) is 19.2. The lowest BCUT2D eigenvalue weighted by Gasteiger charge is -2.08. The Labute approximate surface area is 156 Å². The van der Waals surface area contributed by atoms with Crippen molar-refractivity contribution in [1.29, 1.82) is 0 Å². The van der Waals surface area contributed by atoms with Crippen LogP contribution in [0.2, 0.25) is 0 Å². The Morgan fingerprint density at radius 1 is 1.04 bits per heavy atom. The maximum absolute atomic E-state index is 10.7. The molecule has 1 aromatic heterocycles. The molecule has 0 aliphatic carbocycles. The molecule has 0 radical (unpaired) electrons. The van der Waals surface area contributed by atoms with Crippen molar-refractivity contribution in [2.75, 3.05) is 5.73 Å². The van der Waals surface area contributed by atoms with Crippen LogP contribution in [0, 0.1) is 11.8 Å². The second-order valence-corrected chi connectivity index (χ2v) is 5.89. The third-order valence-electron chi connectivity index (χ3n) is 3.93. The number of rotatable bonds is 4. The monoisotopic (exact) mass is 358 g/mol. The van der Waals surface area contributed by atoms with E-state index in [0.29, 0.717) is 23.5 Å². The molecule has 6 nitrogen and oxygen atoms in total. The van der Waals surface area contributed by atoms with E-state index in [0.717, 1.165) is 16.7 Å². The third kappa shape index (κ3) is 4.41. The fraction of sp³-hybridized carbons (Fsp3) is 0.0952. The van der Waals surface area contributed by atoms with E-state index in [2.05, 4.69) is 22.0 Å². The molecule has 0 atom stereocenters. The SMILES string of the molecule is NC(=O)CCC#Cc1ccc(-c2cc(-c3ccccc3O)nnc2N)cc1. The number of primary amides is 1. The van der Waals surface area contributed by atoms with Crippen LogP contribution in [0.15, 0.2) is 54.6 Å². The summed E-state index contributed by atoms with van der Waals surface area (Å²) < 4.78 is 0. The Balaban J connectivity index is 1.87. The summed E-state index contributed by atoms with van der Waals surface area (Å²) in [5.74, 6) is 5.97. The van der Waals surface area contributed by atoms with E-state index in [1.54, 1.807) is 24.3 Å². The van der Waals surface area contributed by atoms with Crippen LogP contribution >= 0.6 is 0 Å². The Morgan fingerprint density at radius 2 is 1.78 bits per heavy atom. The molecule has 0 unspecified atom stereocenters. The van der Waals surface area contributed by atoms with Gasteiger partial charge in [0.25, 0.3) is 0 Å². The van der Waals surface area contributed by atoms with Crippen LogP contribution in [0.5, 0.6) is 5.75 Å². The van der Waals surface area contributed by atoms with E-state index in [4.69, 9.17) is 11.5 Å². The Bertz CT molecular complexity index is 1030. The lowest BCUT2D eigenvalue weighted by molar-refractivity contribution is -0.117. The second kappa shape index (κ2) is 8.02. The average molecular weight is 358 g/mol. The number of amides is 1. The molecule has 3 rings (SSSR count). The van der Waals surface area contributed by atoms with Gasteiger partial charge in [-0.3, -0.25) is 4.79 Å². The standard InChI is InChI=1S/C21H18N4O2/c22-20(27)8-4-1-5-14-9-11-15(12-10-14)17-13-18(24-25-21(17)23)16-6-2-3-7-19(16)26/h2-3,6-7,9-13,26H,4,8H2,(H2,22,27)(H2,23,25). The number of nitrogens with zero attached hydrogens (tertiary/aromatic N) is 2. The van der Waals surface area contributed by atoms with E-state index in [1.807, 2.05) is 30.3 Å². The van der Waals surface area contributed by atoms with Crippen LogP contribution < -0.4 is 11.5 Å². The Kier molecular flexibility index (Phi) is 5.33. The number of aromatic hydroxyl groups is 1. The molecular weight excluding hydrogens is 340 g/mol. The van der Waals surface area contributed by atoms with Gasteiger partial charge in [0.05, 0.1) is 5.69 Å². The number of nitrogen functional groups attached to an aromatic ring is 1. The molecule has 0 aliphatic heterocycles. The van der Waals surface area contributed by atoms with Crippen LogP contribution in [0.25, 0.3) is 22.4 Å². The second-order valence-electron chi connectivity index (χ2n) is 5.89. The molecule has 0 bridgehead atoms. The van der Waals surface area contributed by atoms with Gasteiger partial charge in [-0.1, -0.05) is 36.1 Å². The van der Waals surface area contributed by atoms with Gasteiger partial charge in [-0.2, -0.15) is 0 Å². The zero-order valence-electron chi connectivity index (χ0n) is 14.5. The van der Waals surface area contributed by atoms with Gasteiger partial charge in [0.2, 0.25) is 5.91 Å². The molecule has 6 heteroatoms. The van der Waals surface area contributed by atoms with Crippen molar-refractivity contribution in [2.45, 2.75) is 12.8 Å². The largest absolute Gasteiger partial charge is 0.507 e. The summed E-state index contributed by atoms with van der Waals surface area (Å²) in [6.45, 7) is 0. The fourth-order valence-electron chi connectivity index (χ4n) is 2.54. The lowest BCUT2D eigenvalue weighted by atomic mass is 10.0. The predicted molar refractivity (Wildman–Crippen MR) is 104 cm³/mol. The molecule has 0 spiro atoms. The summed E-state index contributed by atoms with van der Waals surface area (Å²) in [6, 6.07) is 16.2. The smallest absolute Gasteiger partial charge is 0.218 e. The number of aromatic nitrogens is 2. The number of anilines is 1. The molecule has 0 saturated carbocycles. The normalized spacial score (nSPS) is 10.1. The number of benzene rings is 2. The van der Waals surface area contributed by atoms with Gasteiger partial charge in [-0.25, -0.2) is 0 Å². The molecule has 0 saturated heterocycles. The van der Waals surface area contributed by atoms with Gasteiger partial charge in [0, 0.05) is 29.5 Å². The van der Waals surface area contributed by atoms with Crippen LogP contribution in [0.1, 0.15) is 18.4 Å². The average Bonchev–Trinajstić information content (AvgIpc) is 2.67. The summed E-state index contributed by atoms with van der Waals surface area (Å²) in [5.41, 5.74) is 14.6. The third-order valence-corrected chi connectivity index (χ3v) is 3.93. The minimum Gasteiger partial charge on any atom is -0.507 e. The van der Waals surface area contributed by atoms with Gasteiger partial charge in [-0.05, 0) is 35.9 Å². The van der Waals surface area contributed by atoms with Crippen LogP contribution in [-0.4, -0.2) is 21.2 Å². The van der Waals surface area contributed by atoms with Crippen LogP contribution in [-0.2, 0) is 4.79 Å². The molecule has 1 amide bonds. The first-order valence-corrected chi connectivity index (χ1v) is 8.34. The van der Waals surface area contributed by atoms with Crippen molar-refractivity contribution >= 4 is 11.7 Å². The van der Waals surface area contributed by atoms with Gasteiger partial charge < -0.3 is 16.6 Å². The van der Waals surface area contributed by atoms with Crippen molar-refractivity contribution in [3.63, 3.8) is 0 Å². The maximum Gasteiger partial charge on any atom is 0.218 e. The number of nitrogens with two attached hydrogens (primary N) is 2. The maximum atomic E-state index is 10.7. The summed E-state index contributed by atoms with van der Waals surface area (Å²) in [7, 11) is 0. The zero-order valence-corrected chi connectivity index (χ0v) is 14.5. The molecular formula is C21H18N4O2. The van der Waals surface area contributed by atoms with E-state index >= 15 is 0 Å². The highest BCUT2D eigenvalue weighted by molar-refractivity contribution is 5.79. The molecule has 5 N–H and O–H groups in total. The van der Waals surface area contributed by atoms with E-state index in [-0.39, 0.29) is 18.1 Å². The van der Waals surface area contributed by atoms with E-state index in [1.165, 1.54) is 0 Å². The molecule has 1 heterocycles. The Hall–Kier alpha value is -3.85. The summed E-state index contributed by atoms with van der Waals surface area (Å²) in [5, 5.41) is 18.1. The summed E-state index contributed by atoms with van der Waals surface area (Å²) in [4.78, 5) is 10.7. The van der Waals surface area contributed by atoms with Crippen LogP contribution in [0.3, 0.4) is 0 Å². The highest BCUT2D eigenvalue weighted by atomic mass is 16.3. The first kappa shape index (κ1) is 18.0. The van der Waals surface area contributed by atoms with Crippen molar-refractivity contribution < 1.29 is 9.90 Å². The van der Waals surface area contributed by atoms with Crippen molar-refractivity contribution in [3.05, 3.63) is 60.2 Å². The van der Waals surface area contributed by atoms with Crippen molar-refractivity contribution in [1.82, 2.24) is 10.2 Å². The van der Waals surface area contributed by atoms with Gasteiger partial charge in [0.15, 0.2) is 5.82 Å². The Morgan fingerprint density at radius 3 is 2.48 bits per heavy atom. The minimum absolute atomic E-state index is 0.129. The van der Waals surface area contributed by atoms with E-state index < -0.39 is 0 Å². The highest BCUT2D eigenvalue weighted by Gasteiger charge is 2.11. The predicted octanol–water partition coefficient (Wildman–Crippen LogP) is 2.72. The molecule has 3 aromatic rings. The van der Waals surface area contributed by atoms with Crippen molar-refractivity contribution in [2.24, 2.45) is 5.73 Å². The first-order chi connectivity index (χ1) is 13.0. The summed E-state index contributed by atoms with van der Waals surface area (Å²) in [6.07, 6.45) is 0.682. The highest BCUT2D eigenvalue weighted by Crippen LogP contribution is 2.31. The number of carbonyl (C=O) groups is 1. The molecule has 134 valence electrons. The lowest BCUT2D eigenvalue weighted by Crippen LogP contribution is -2.08.